The molecule has 2 amide bonds. The Kier molecular flexibility index (Phi) is 6.45. The van der Waals surface area contributed by atoms with Crippen LogP contribution in [0.25, 0.3) is 0 Å². The zero-order valence-corrected chi connectivity index (χ0v) is 13.4. The van der Waals surface area contributed by atoms with E-state index in [4.69, 9.17) is 0 Å². The molecule has 3 N–H and O–H groups in total. The van der Waals surface area contributed by atoms with Gasteiger partial charge in [0, 0.05) is 25.7 Å². The highest BCUT2D eigenvalue weighted by Crippen LogP contribution is 2.16. The second-order valence-corrected chi connectivity index (χ2v) is 5.28. The van der Waals surface area contributed by atoms with Crippen molar-refractivity contribution in [3.8, 4) is 0 Å². The van der Waals surface area contributed by atoms with Crippen molar-refractivity contribution in [1.82, 2.24) is 10.6 Å². The average Bonchev–Trinajstić information content (AvgIpc) is 2.57. The number of anilines is 1. The maximum absolute atomic E-state index is 13.0. The Hall–Kier alpha value is -2.73. The first kappa shape index (κ1) is 17.6. The molecule has 126 valence electrons. The molecule has 0 aliphatic rings. The lowest BCUT2D eigenvalue weighted by molar-refractivity contribution is -0.119. The summed E-state index contributed by atoms with van der Waals surface area (Å²) in [5.41, 5.74) is 1.32. The zero-order chi connectivity index (χ0) is 17.4. The zero-order valence-electron chi connectivity index (χ0n) is 13.4. The van der Waals surface area contributed by atoms with Gasteiger partial charge in [0.1, 0.15) is 11.9 Å². The number of halogens is 1. The highest BCUT2D eigenvalue weighted by Gasteiger charge is 2.19. The maximum atomic E-state index is 13.0. The van der Waals surface area contributed by atoms with Crippen LogP contribution in [-0.4, -0.2) is 24.9 Å². The van der Waals surface area contributed by atoms with Crippen LogP contribution in [0.3, 0.4) is 0 Å². The Bertz CT molecular complexity index is 674. The van der Waals surface area contributed by atoms with Gasteiger partial charge in [-0.25, -0.2) is 4.39 Å². The lowest BCUT2D eigenvalue weighted by atomic mass is 10.1. The van der Waals surface area contributed by atoms with Crippen molar-refractivity contribution in [2.45, 2.75) is 13.0 Å². The molecule has 0 unspecified atom stereocenters. The lowest BCUT2D eigenvalue weighted by Crippen LogP contribution is -2.37. The molecule has 0 spiro atoms. The fourth-order valence-electron chi connectivity index (χ4n) is 2.21. The largest absolute Gasteiger partial charge is 0.355 e. The Morgan fingerprint density at radius 2 is 1.67 bits per heavy atom. The Balaban J connectivity index is 2.05. The standard InChI is InChI=1S/C18H20FN3O2/c1-13(23)20-11-12-21-17(14-5-3-2-4-6-14)18(24)22-16-9-7-15(19)8-10-16/h2-10,17,21H,11-12H2,1H3,(H,20,23)(H,22,24)/t17-/m1/s1. The summed E-state index contributed by atoms with van der Waals surface area (Å²) in [5.74, 6) is -0.736. The third-order valence-electron chi connectivity index (χ3n) is 3.35. The number of amides is 2. The molecular weight excluding hydrogens is 309 g/mol. The van der Waals surface area contributed by atoms with Crippen molar-refractivity contribution in [3.05, 3.63) is 66.0 Å². The Morgan fingerprint density at radius 3 is 2.29 bits per heavy atom. The van der Waals surface area contributed by atoms with E-state index in [1.807, 2.05) is 30.3 Å². The Labute approximate surface area is 140 Å². The van der Waals surface area contributed by atoms with Crippen molar-refractivity contribution < 1.29 is 14.0 Å². The van der Waals surface area contributed by atoms with Crippen LogP contribution in [0.15, 0.2) is 54.6 Å². The van der Waals surface area contributed by atoms with Crippen LogP contribution in [0.4, 0.5) is 10.1 Å². The third-order valence-corrected chi connectivity index (χ3v) is 3.35. The normalized spacial score (nSPS) is 11.6. The molecular formula is C18H20FN3O2. The van der Waals surface area contributed by atoms with Gasteiger partial charge in [-0.1, -0.05) is 30.3 Å². The van der Waals surface area contributed by atoms with Crippen molar-refractivity contribution in [3.63, 3.8) is 0 Å². The van der Waals surface area contributed by atoms with Gasteiger partial charge >= 0.3 is 0 Å². The molecule has 24 heavy (non-hydrogen) atoms. The van der Waals surface area contributed by atoms with Gasteiger partial charge in [0.2, 0.25) is 11.8 Å². The van der Waals surface area contributed by atoms with E-state index in [1.54, 1.807) is 0 Å². The predicted octanol–water partition coefficient (Wildman–Crippen LogP) is 2.23. The van der Waals surface area contributed by atoms with E-state index >= 15 is 0 Å². The van der Waals surface area contributed by atoms with Crippen LogP contribution in [0, 0.1) is 5.82 Å². The topological polar surface area (TPSA) is 70.2 Å². The van der Waals surface area contributed by atoms with Gasteiger partial charge in [0.15, 0.2) is 0 Å². The minimum Gasteiger partial charge on any atom is -0.355 e. The number of carbonyl (C=O) groups excluding carboxylic acids is 2. The molecule has 0 saturated carbocycles. The van der Waals surface area contributed by atoms with Gasteiger partial charge < -0.3 is 16.0 Å². The summed E-state index contributed by atoms with van der Waals surface area (Å²) in [6.45, 7) is 2.30. The predicted molar refractivity (Wildman–Crippen MR) is 90.9 cm³/mol. The first-order valence-electron chi connectivity index (χ1n) is 7.65. The molecule has 5 nitrogen and oxygen atoms in total. The monoisotopic (exact) mass is 329 g/mol. The molecule has 0 saturated heterocycles. The number of benzene rings is 2. The molecule has 0 aromatic heterocycles. The molecule has 0 bridgehead atoms. The molecule has 0 heterocycles. The van der Waals surface area contributed by atoms with Crippen LogP contribution in [0.1, 0.15) is 18.5 Å². The molecule has 0 aliphatic heterocycles. The van der Waals surface area contributed by atoms with Gasteiger partial charge in [-0.05, 0) is 29.8 Å². The van der Waals surface area contributed by atoms with E-state index < -0.39 is 6.04 Å². The fourth-order valence-corrected chi connectivity index (χ4v) is 2.21. The summed E-state index contributed by atoms with van der Waals surface area (Å²) in [7, 11) is 0. The van der Waals surface area contributed by atoms with Crippen LogP contribution in [-0.2, 0) is 9.59 Å². The van der Waals surface area contributed by atoms with E-state index in [1.165, 1.54) is 31.2 Å². The summed E-state index contributed by atoms with van der Waals surface area (Å²) in [6.07, 6.45) is 0. The van der Waals surface area contributed by atoms with E-state index in [2.05, 4.69) is 16.0 Å². The van der Waals surface area contributed by atoms with E-state index in [0.717, 1.165) is 5.56 Å². The van der Waals surface area contributed by atoms with Crippen LogP contribution in [0.5, 0.6) is 0 Å². The second-order valence-electron chi connectivity index (χ2n) is 5.28. The molecule has 0 fully saturated rings. The highest BCUT2D eigenvalue weighted by molar-refractivity contribution is 5.95. The average molecular weight is 329 g/mol. The third kappa shape index (κ3) is 5.48. The van der Waals surface area contributed by atoms with Gasteiger partial charge in [-0.15, -0.1) is 0 Å². The minimum atomic E-state index is -0.579. The van der Waals surface area contributed by atoms with Gasteiger partial charge in [0.25, 0.3) is 0 Å². The lowest BCUT2D eigenvalue weighted by Gasteiger charge is -2.19. The van der Waals surface area contributed by atoms with Crippen LogP contribution >= 0.6 is 0 Å². The van der Waals surface area contributed by atoms with E-state index in [-0.39, 0.29) is 17.6 Å². The summed E-state index contributed by atoms with van der Waals surface area (Å²) < 4.78 is 13.0. The van der Waals surface area contributed by atoms with Crippen molar-refractivity contribution in [2.75, 3.05) is 18.4 Å². The molecule has 2 aromatic carbocycles. The van der Waals surface area contributed by atoms with Crippen LogP contribution < -0.4 is 16.0 Å². The Morgan fingerprint density at radius 1 is 1.00 bits per heavy atom. The summed E-state index contributed by atoms with van der Waals surface area (Å²) >= 11 is 0. The maximum Gasteiger partial charge on any atom is 0.246 e. The summed E-state index contributed by atoms with van der Waals surface area (Å²) in [5, 5.41) is 8.56. The first-order valence-corrected chi connectivity index (χ1v) is 7.65. The molecule has 0 aliphatic carbocycles. The fraction of sp³-hybridized carbons (Fsp3) is 0.222. The number of rotatable bonds is 7. The number of hydrogen-bond donors (Lipinski definition) is 3. The number of hydrogen-bond acceptors (Lipinski definition) is 3. The van der Waals surface area contributed by atoms with Gasteiger partial charge in [-0.3, -0.25) is 9.59 Å². The van der Waals surface area contributed by atoms with Crippen molar-refractivity contribution in [2.24, 2.45) is 0 Å². The molecule has 2 rings (SSSR count). The molecule has 1 atom stereocenters. The van der Waals surface area contributed by atoms with E-state index in [0.29, 0.717) is 18.8 Å². The molecule has 6 heteroatoms. The van der Waals surface area contributed by atoms with Crippen molar-refractivity contribution >= 4 is 17.5 Å². The summed E-state index contributed by atoms with van der Waals surface area (Å²) in [4.78, 5) is 23.5. The summed E-state index contributed by atoms with van der Waals surface area (Å²) in [6, 6.07) is 14.3. The number of nitrogens with one attached hydrogen (secondary N) is 3. The van der Waals surface area contributed by atoms with E-state index in [9.17, 15) is 14.0 Å². The quantitative estimate of drug-likeness (QED) is 0.682. The smallest absolute Gasteiger partial charge is 0.246 e. The number of carbonyl (C=O) groups is 2. The second kappa shape index (κ2) is 8.79. The molecule has 2 aromatic rings. The van der Waals surface area contributed by atoms with Gasteiger partial charge in [-0.2, -0.15) is 0 Å². The SMILES string of the molecule is CC(=O)NCCN[C@@H](C(=O)Nc1ccc(F)cc1)c1ccccc1. The first-order chi connectivity index (χ1) is 11.6. The van der Waals surface area contributed by atoms with Crippen molar-refractivity contribution in [1.29, 1.82) is 0 Å². The highest BCUT2D eigenvalue weighted by atomic mass is 19.1. The van der Waals surface area contributed by atoms with Crippen LogP contribution in [0.2, 0.25) is 0 Å². The van der Waals surface area contributed by atoms with Gasteiger partial charge in [0.05, 0.1) is 0 Å². The molecule has 0 radical (unpaired) electrons. The minimum absolute atomic E-state index is 0.121.